The summed E-state index contributed by atoms with van der Waals surface area (Å²) in [4.78, 5) is 1.48. The van der Waals surface area contributed by atoms with Crippen molar-refractivity contribution in [1.29, 1.82) is 0 Å². The minimum Gasteiger partial charge on any atom is -0.313 e. The summed E-state index contributed by atoms with van der Waals surface area (Å²) in [6, 6.07) is 2.88. The molecule has 1 aromatic heterocycles. The largest absolute Gasteiger partial charge is 0.313 e. The van der Waals surface area contributed by atoms with E-state index in [9.17, 15) is 0 Å². The van der Waals surface area contributed by atoms with Gasteiger partial charge in [0.25, 0.3) is 0 Å². The van der Waals surface area contributed by atoms with Gasteiger partial charge in [-0.1, -0.05) is 38.5 Å². The fraction of sp³-hybridized carbons (Fsp3) is 0.733. The third kappa shape index (κ3) is 3.56. The fourth-order valence-corrected chi connectivity index (χ4v) is 3.85. The molecule has 1 unspecified atom stereocenters. The topological polar surface area (TPSA) is 12.0 Å². The molecular weight excluding hydrogens is 226 g/mol. The monoisotopic (exact) mass is 251 g/mol. The highest BCUT2D eigenvalue weighted by Crippen LogP contribution is 2.33. The van der Waals surface area contributed by atoms with Gasteiger partial charge in [-0.3, -0.25) is 0 Å². The molecule has 17 heavy (non-hydrogen) atoms. The Morgan fingerprint density at radius 1 is 1.29 bits per heavy atom. The second-order valence-electron chi connectivity index (χ2n) is 5.37. The third-order valence-electron chi connectivity index (χ3n) is 4.17. The van der Waals surface area contributed by atoms with Gasteiger partial charge >= 0.3 is 0 Å². The molecular formula is C15H25NS. The zero-order valence-corrected chi connectivity index (χ0v) is 12.0. The van der Waals surface area contributed by atoms with E-state index < -0.39 is 0 Å². The molecule has 1 fully saturated rings. The molecule has 96 valence electrons. The van der Waals surface area contributed by atoms with Crippen LogP contribution in [-0.2, 0) is 0 Å². The second kappa shape index (κ2) is 6.55. The first kappa shape index (κ1) is 13.1. The van der Waals surface area contributed by atoms with Gasteiger partial charge in [0.1, 0.15) is 0 Å². The maximum atomic E-state index is 3.52. The minimum atomic E-state index is 0.573. The zero-order valence-electron chi connectivity index (χ0n) is 11.2. The number of rotatable bonds is 4. The first-order valence-corrected chi connectivity index (χ1v) is 7.90. The van der Waals surface area contributed by atoms with E-state index in [2.05, 4.69) is 30.7 Å². The summed E-state index contributed by atoms with van der Waals surface area (Å²) in [5.74, 6) is 0.939. The molecule has 0 bridgehead atoms. The van der Waals surface area contributed by atoms with Crippen LogP contribution in [0, 0.1) is 12.8 Å². The molecule has 2 heteroatoms. The second-order valence-corrected chi connectivity index (χ2v) is 6.49. The molecule has 1 heterocycles. The third-order valence-corrected chi connectivity index (χ3v) is 5.03. The van der Waals surface area contributed by atoms with E-state index in [1.54, 1.807) is 0 Å². The van der Waals surface area contributed by atoms with E-state index in [0.717, 1.165) is 5.92 Å². The minimum absolute atomic E-state index is 0.573. The highest BCUT2D eigenvalue weighted by Gasteiger charge is 2.19. The van der Waals surface area contributed by atoms with E-state index >= 15 is 0 Å². The van der Waals surface area contributed by atoms with Gasteiger partial charge < -0.3 is 5.32 Å². The average Bonchev–Trinajstić information content (AvgIpc) is 2.62. The molecule has 1 saturated carbocycles. The van der Waals surface area contributed by atoms with Gasteiger partial charge in [0.2, 0.25) is 0 Å². The lowest BCUT2D eigenvalue weighted by Crippen LogP contribution is -2.20. The molecule has 0 spiro atoms. The molecule has 1 N–H and O–H groups in total. The summed E-state index contributed by atoms with van der Waals surface area (Å²) in [7, 11) is 2.11. The van der Waals surface area contributed by atoms with Gasteiger partial charge in [-0.15, -0.1) is 11.3 Å². The summed E-state index contributed by atoms with van der Waals surface area (Å²) in [6.07, 6.45) is 10.0. The maximum Gasteiger partial charge on any atom is 0.0331 e. The summed E-state index contributed by atoms with van der Waals surface area (Å²) in [5, 5.41) is 5.74. The molecule has 1 aromatic rings. The average molecular weight is 251 g/mol. The van der Waals surface area contributed by atoms with Crippen molar-refractivity contribution in [1.82, 2.24) is 5.32 Å². The summed E-state index contributed by atoms with van der Waals surface area (Å²) in [6.45, 7) is 2.25. The van der Waals surface area contributed by atoms with Crippen molar-refractivity contribution >= 4 is 11.3 Å². The van der Waals surface area contributed by atoms with Gasteiger partial charge in [-0.25, -0.2) is 0 Å². The van der Waals surface area contributed by atoms with E-state index in [1.807, 2.05) is 11.3 Å². The number of thiophene rings is 1. The van der Waals surface area contributed by atoms with E-state index in [-0.39, 0.29) is 0 Å². The summed E-state index contributed by atoms with van der Waals surface area (Å²) in [5.41, 5.74) is 1.53. The Bertz CT molecular complexity index is 323. The lowest BCUT2D eigenvalue weighted by molar-refractivity contribution is 0.368. The number of aryl methyl sites for hydroxylation is 1. The van der Waals surface area contributed by atoms with Crippen LogP contribution >= 0.6 is 11.3 Å². The lowest BCUT2D eigenvalue weighted by Gasteiger charge is -2.22. The van der Waals surface area contributed by atoms with Gasteiger partial charge in [0.15, 0.2) is 0 Å². The highest BCUT2D eigenvalue weighted by molar-refractivity contribution is 7.10. The van der Waals surface area contributed by atoms with Crippen LogP contribution in [0.25, 0.3) is 0 Å². The van der Waals surface area contributed by atoms with Crippen molar-refractivity contribution in [2.75, 3.05) is 7.05 Å². The molecule has 0 radical (unpaired) electrons. The standard InChI is InChI=1S/C15H25NS/c1-12-14(9-10-17-12)15(16-2)11-13-7-5-3-4-6-8-13/h9-10,13,15-16H,3-8,11H2,1-2H3. The van der Waals surface area contributed by atoms with Gasteiger partial charge in [-0.05, 0) is 43.3 Å². The Morgan fingerprint density at radius 3 is 2.53 bits per heavy atom. The van der Waals surface area contributed by atoms with Crippen LogP contribution in [0.2, 0.25) is 0 Å². The van der Waals surface area contributed by atoms with E-state index in [4.69, 9.17) is 0 Å². The van der Waals surface area contributed by atoms with Gasteiger partial charge in [-0.2, -0.15) is 0 Å². The molecule has 0 saturated heterocycles. The van der Waals surface area contributed by atoms with Crippen molar-refractivity contribution in [3.63, 3.8) is 0 Å². The SMILES string of the molecule is CNC(CC1CCCCCC1)c1ccsc1C. The van der Waals surface area contributed by atoms with Crippen molar-refractivity contribution in [3.05, 3.63) is 21.9 Å². The molecule has 0 aromatic carbocycles. The van der Waals surface area contributed by atoms with Gasteiger partial charge in [0.05, 0.1) is 0 Å². The van der Waals surface area contributed by atoms with Crippen LogP contribution in [0.4, 0.5) is 0 Å². The van der Waals surface area contributed by atoms with Crippen LogP contribution in [-0.4, -0.2) is 7.05 Å². The maximum absolute atomic E-state index is 3.52. The Balaban J connectivity index is 1.97. The fourth-order valence-electron chi connectivity index (χ4n) is 3.09. The Morgan fingerprint density at radius 2 is 2.00 bits per heavy atom. The smallest absolute Gasteiger partial charge is 0.0331 e. The van der Waals surface area contributed by atoms with Crippen LogP contribution in [0.15, 0.2) is 11.4 Å². The first-order chi connectivity index (χ1) is 8.31. The molecule has 0 aliphatic heterocycles. The van der Waals surface area contributed by atoms with E-state index in [0.29, 0.717) is 6.04 Å². The molecule has 2 rings (SSSR count). The van der Waals surface area contributed by atoms with Crippen LogP contribution in [0.1, 0.15) is 61.4 Å². The Labute approximate surface area is 110 Å². The molecule has 1 aliphatic carbocycles. The van der Waals surface area contributed by atoms with Crippen LogP contribution in [0.5, 0.6) is 0 Å². The normalized spacial score (nSPS) is 20.1. The van der Waals surface area contributed by atoms with Crippen LogP contribution < -0.4 is 5.32 Å². The number of nitrogens with one attached hydrogen (secondary N) is 1. The van der Waals surface area contributed by atoms with Crippen molar-refractivity contribution in [2.24, 2.45) is 5.92 Å². The lowest BCUT2D eigenvalue weighted by atomic mass is 9.90. The molecule has 1 aliphatic rings. The summed E-state index contributed by atoms with van der Waals surface area (Å²) >= 11 is 1.87. The quantitative estimate of drug-likeness (QED) is 0.766. The van der Waals surface area contributed by atoms with Crippen LogP contribution in [0.3, 0.4) is 0 Å². The van der Waals surface area contributed by atoms with Crippen molar-refractivity contribution in [2.45, 2.75) is 57.9 Å². The predicted octanol–water partition coefficient (Wildman–Crippen LogP) is 4.68. The van der Waals surface area contributed by atoms with Crippen molar-refractivity contribution < 1.29 is 0 Å². The Hall–Kier alpha value is -0.340. The predicted molar refractivity (Wildman–Crippen MR) is 76.7 cm³/mol. The first-order valence-electron chi connectivity index (χ1n) is 7.02. The highest BCUT2D eigenvalue weighted by atomic mass is 32.1. The molecule has 1 nitrogen and oxygen atoms in total. The molecule has 0 amide bonds. The number of hydrogen-bond donors (Lipinski definition) is 1. The molecule has 1 atom stereocenters. The Kier molecular flexibility index (Phi) is 5.05. The van der Waals surface area contributed by atoms with Crippen molar-refractivity contribution in [3.8, 4) is 0 Å². The summed E-state index contributed by atoms with van der Waals surface area (Å²) < 4.78 is 0. The zero-order chi connectivity index (χ0) is 12.1. The van der Waals surface area contributed by atoms with E-state index in [1.165, 1.54) is 55.4 Å². The number of hydrogen-bond acceptors (Lipinski definition) is 2. The van der Waals surface area contributed by atoms with Gasteiger partial charge in [0, 0.05) is 10.9 Å².